The van der Waals surface area contributed by atoms with Crippen molar-refractivity contribution in [2.45, 2.75) is 17.9 Å². The van der Waals surface area contributed by atoms with Gasteiger partial charge in [0, 0.05) is 23.1 Å². The van der Waals surface area contributed by atoms with E-state index in [1.807, 2.05) is 30.3 Å². The minimum Gasteiger partial charge on any atom is -0.351 e. The van der Waals surface area contributed by atoms with E-state index in [0.29, 0.717) is 16.5 Å². The second-order valence-electron chi connectivity index (χ2n) is 6.93. The summed E-state index contributed by atoms with van der Waals surface area (Å²) >= 11 is 11.8. The summed E-state index contributed by atoms with van der Waals surface area (Å²) in [6.07, 6.45) is 0.484. The van der Waals surface area contributed by atoms with Crippen molar-refractivity contribution in [1.82, 2.24) is 9.62 Å². The maximum atomic E-state index is 13.2. The Balaban J connectivity index is 1.73. The Morgan fingerprint density at radius 3 is 2.00 bits per heavy atom. The lowest BCUT2D eigenvalue weighted by Gasteiger charge is -2.22. The zero-order valence-electron chi connectivity index (χ0n) is 16.7. The number of hydrogen-bond acceptors (Lipinski definition) is 3. The first-order valence-electron chi connectivity index (χ1n) is 9.65. The third-order valence-corrected chi connectivity index (χ3v) is 7.03. The number of halogens is 2. The minimum absolute atomic E-state index is 0.0930. The molecule has 162 valence electrons. The average Bonchev–Trinajstić information content (AvgIpc) is 2.77. The fourth-order valence-electron chi connectivity index (χ4n) is 2.96. The van der Waals surface area contributed by atoms with Crippen LogP contribution < -0.4 is 5.32 Å². The van der Waals surface area contributed by atoms with Crippen molar-refractivity contribution in [3.8, 4) is 0 Å². The van der Waals surface area contributed by atoms with Gasteiger partial charge in [0.15, 0.2) is 0 Å². The molecule has 5 nitrogen and oxygen atoms in total. The molecule has 1 amide bonds. The van der Waals surface area contributed by atoms with Crippen molar-refractivity contribution in [3.05, 3.63) is 100 Å². The maximum absolute atomic E-state index is 13.2. The molecule has 3 aromatic rings. The fraction of sp³-hybridized carbons (Fsp3) is 0.174. The predicted octanol–water partition coefficient (Wildman–Crippen LogP) is 4.54. The summed E-state index contributed by atoms with van der Waals surface area (Å²) in [5, 5.41) is 3.82. The number of hydrogen-bond donors (Lipinski definition) is 1. The monoisotopic (exact) mass is 476 g/mol. The Bertz CT molecular complexity index is 1100. The van der Waals surface area contributed by atoms with E-state index in [0.717, 1.165) is 11.1 Å². The molecule has 0 saturated carbocycles. The summed E-state index contributed by atoms with van der Waals surface area (Å²) in [6, 6.07) is 22.5. The molecule has 31 heavy (non-hydrogen) atoms. The summed E-state index contributed by atoms with van der Waals surface area (Å²) in [6.45, 7) is 0.165. The second kappa shape index (κ2) is 10.8. The van der Waals surface area contributed by atoms with Crippen molar-refractivity contribution < 1.29 is 13.2 Å². The lowest BCUT2D eigenvalue weighted by Crippen LogP contribution is -2.41. The molecule has 0 saturated heterocycles. The Morgan fingerprint density at radius 2 is 1.39 bits per heavy atom. The van der Waals surface area contributed by atoms with E-state index in [-0.39, 0.29) is 30.4 Å². The minimum atomic E-state index is -3.88. The van der Waals surface area contributed by atoms with E-state index in [9.17, 15) is 13.2 Å². The van der Waals surface area contributed by atoms with E-state index in [1.54, 1.807) is 24.3 Å². The van der Waals surface area contributed by atoms with Gasteiger partial charge in [0.1, 0.15) is 0 Å². The van der Waals surface area contributed by atoms with Crippen LogP contribution in [0.2, 0.25) is 10.0 Å². The van der Waals surface area contributed by atoms with E-state index in [4.69, 9.17) is 23.2 Å². The lowest BCUT2D eigenvalue weighted by molar-refractivity contribution is -0.121. The molecule has 0 aliphatic heterocycles. The number of rotatable bonds is 9. The van der Waals surface area contributed by atoms with Gasteiger partial charge in [0.2, 0.25) is 15.9 Å². The van der Waals surface area contributed by atoms with Crippen LogP contribution in [0, 0.1) is 0 Å². The normalized spacial score (nSPS) is 11.5. The van der Waals surface area contributed by atoms with Gasteiger partial charge in [-0.3, -0.25) is 4.79 Å². The van der Waals surface area contributed by atoms with Crippen molar-refractivity contribution in [2.75, 3.05) is 13.1 Å². The van der Waals surface area contributed by atoms with Crippen molar-refractivity contribution >= 4 is 39.1 Å². The van der Waals surface area contributed by atoms with E-state index in [1.165, 1.54) is 28.6 Å². The Hall–Kier alpha value is -2.38. The van der Waals surface area contributed by atoms with Gasteiger partial charge < -0.3 is 5.32 Å². The zero-order chi connectivity index (χ0) is 22.3. The Labute approximate surface area is 192 Å². The summed E-state index contributed by atoms with van der Waals surface area (Å²) < 4.78 is 27.6. The predicted molar refractivity (Wildman–Crippen MR) is 124 cm³/mol. The van der Waals surface area contributed by atoms with Crippen LogP contribution in [0.15, 0.2) is 83.8 Å². The molecule has 8 heteroatoms. The average molecular weight is 477 g/mol. The van der Waals surface area contributed by atoms with Gasteiger partial charge in [-0.1, -0.05) is 65.7 Å². The highest BCUT2D eigenvalue weighted by molar-refractivity contribution is 7.89. The van der Waals surface area contributed by atoms with E-state index in [2.05, 4.69) is 5.32 Å². The van der Waals surface area contributed by atoms with Crippen LogP contribution >= 0.6 is 23.2 Å². The van der Waals surface area contributed by atoms with Crippen molar-refractivity contribution in [2.24, 2.45) is 0 Å². The third kappa shape index (κ3) is 6.80. The quantitative estimate of drug-likeness (QED) is 0.492. The molecule has 0 atom stereocenters. The fourth-order valence-corrected chi connectivity index (χ4v) is 4.61. The van der Waals surface area contributed by atoms with Crippen molar-refractivity contribution in [1.29, 1.82) is 0 Å². The molecule has 1 N–H and O–H groups in total. The van der Waals surface area contributed by atoms with Gasteiger partial charge in [-0.05, 0) is 53.9 Å². The molecule has 0 aliphatic rings. The number of amides is 1. The molecule has 0 aliphatic carbocycles. The summed E-state index contributed by atoms with van der Waals surface area (Å²) in [7, 11) is -3.88. The van der Waals surface area contributed by atoms with Gasteiger partial charge in [-0.2, -0.15) is 4.31 Å². The van der Waals surface area contributed by atoms with Crippen LogP contribution in [0.3, 0.4) is 0 Å². The summed E-state index contributed by atoms with van der Waals surface area (Å²) in [5.74, 6) is -0.388. The molecule has 0 aromatic heterocycles. The molecular formula is C23H22Cl2N2O3S. The smallest absolute Gasteiger partial charge is 0.243 e. The van der Waals surface area contributed by atoms with Crippen LogP contribution in [0.25, 0.3) is 0 Å². The van der Waals surface area contributed by atoms with Gasteiger partial charge >= 0.3 is 0 Å². The molecule has 3 aromatic carbocycles. The first-order valence-corrected chi connectivity index (χ1v) is 11.8. The first-order chi connectivity index (χ1) is 14.8. The highest BCUT2D eigenvalue weighted by Crippen LogP contribution is 2.19. The van der Waals surface area contributed by atoms with Crippen LogP contribution in [0.5, 0.6) is 0 Å². The molecule has 0 bridgehead atoms. The molecule has 0 radical (unpaired) electrons. The molecule has 0 spiro atoms. The standard InChI is InChI=1S/C23H22Cl2N2O3S/c24-20-8-6-19(7-9-20)16-26-23(28)17-27(15-14-18-4-2-1-3-5-18)31(29,30)22-12-10-21(25)11-13-22/h1-13H,14-17H2,(H,26,28). The number of nitrogens with zero attached hydrogens (tertiary/aromatic N) is 1. The largest absolute Gasteiger partial charge is 0.351 e. The number of sulfonamides is 1. The number of carbonyl (C=O) groups excluding carboxylic acids is 1. The first kappa shape index (κ1) is 23.3. The van der Waals surface area contributed by atoms with Gasteiger partial charge in [0.25, 0.3) is 0 Å². The Kier molecular flexibility index (Phi) is 8.09. The van der Waals surface area contributed by atoms with Gasteiger partial charge in [-0.25, -0.2) is 8.42 Å². The highest BCUT2D eigenvalue weighted by Gasteiger charge is 2.26. The van der Waals surface area contributed by atoms with Crippen LogP contribution in [-0.2, 0) is 27.8 Å². The number of nitrogens with one attached hydrogen (secondary N) is 1. The van der Waals surface area contributed by atoms with Crippen LogP contribution in [-0.4, -0.2) is 31.7 Å². The second-order valence-corrected chi connectivity index (χ2v) is 9.74. The van der Waals surface area contributed by atoms with Gasteiger partial charge in [-0.15, -0.1) is 0 Å². The lowest BCUT2D eigenvalue weighted by atomic mass is 10.1. The number of benzene rings is 3. The van der Waals surface area contributed by atoms with E-state index < -0.39 is 10.0 Å². The molecule has 0 unspecified atom stereocenters. The van der Waals surface area contributed by atoms with Crippen LogP contribution in [0.1, 0.15) is 11.1 Å². The molecule has 0 heterocycles. The summed E-state index contributed by atoms with van der Waals surface area (Å²) in [5.41, 5.74) is 1.86. The topological polar surface area (TPSA) is 66.5 Å². The molecule has 3 rings (SSSR count). The van der Waals surface area contributed by atoms with Crippen molar-refractivity contribution in [3.63, 3.8) is 0 Å². The van der Waals surface area contributed by atoms with Crippen LogP contribution in [0.4, 0.5) is 0 Å². The number of carbonyl (C=O) groups is 1. The van der Waals surface area contributed by atoms with E-state index >= 15 is 0 Å². The zero-order valence-corrected chi connectivity index (χ0v) is 19.0. The highest BCUT2D eigenvalue weighted by atomic mass is 35.5. The SMILES string of the molecule is O=C(CN(CCc1ccccc1)S(=O)(=O)c1ccc(Cl)cc1)NCc1ccc(Cl)cc1. The molecular weight excluding hydrogens is 455 g/mol. The molecule has 0 fully saturated rings. The maximum Gasteiger partial charge on any atom is 0.243 e. The Morgan fingerprint density at radius 1 is 0.806 bits per heavy atom. The van der Waals surface area contributed by atoms with Gasteiger partial charge in [0.05, 0.1) is 11.4 Å². The third-order valence-electron chi connectivity index (χ3n) is 4.67. The summed E-state index contributed by atoms with van der Waals surface area (Å²) in [4.78, 5) is 12.7.